The molecule has 1 atom stereocenters. The number of sulfonamides is 1. The third-order valence-electron chi connectivity index (χ3n) is 6.84. The van der Waals surface area contributed by atoms with Crippen molar-refractivity contribution in [1.29, 1.82) is 0 Å². The average Bonchev–Trinajstić information content (AvgIpc) is 3.00. The normalized spacial score (nSPS) is 12.3. The van der Waals surface area contributed by atoms with E-state index < -0.39 is 34.1 Å². The molecule has 11 heteroatoms. The molecule has 4 aromatic carbocycles. The fourth-order valence-electron chi connectivity index (χ4n) is 4.68. The van der Waals surface area contributed by atoms with Crippen molar-refractivity contribution in [3.8, 4) is 0 Å². The number of rotatable bonds is 11. The molecule has 4 rings (SSSR count). The summed E-state index contributed by atoms with van der Waals surface area (Å²) in [5, 5.41) is 3.88. The number of carbonyl (C=O) groups excluding carboxylic acids is 2. The Morgan fingerprint density at radius 2 is 1.38 bits per heavy atom. The summed E-state index contributed by atoms with van der Waals surface area (Å²) in [7, 11) is -4.26. The summed E-state index contributed by atoms with van der Waals surface area (Å²) >= 11 is 18.6. The molecule has 0 unspecified atom stereocenters. The van der Waals surface area contributed by atoms with Crippen LogP contribution in [-0.2, 0) is 32.6 Å². The fourth-order valence-corrected chi connectivity index (χ4v) is 6.53. The lowest BCUT2D eigenvalue weighted by molar-refractivity contribution is -0.140. The smallest absolute Gasteiger partial charge is 0.264 e. The minimum Gasteiger partial charge on any atom is -0.350 e. The first kappa shape index (κ1) is 34.3. The third kappa shape index (κ3) is 9.23. The lowest BCUT2D eigenvalue weighted by Crippen LogP contribution is -2.56. The zero-order valence-corrected chi connectivity index (χ0v) is 28.2. The van der Waals surface area contributed by atoms with Gasteiger partial charge in [0.05, 0.1) is 20.6 Å². The van der Waals surface area contributed by atoms with Gasteiger partial charge in [0.25, 0.3) is 10.0 Å². The second-order valence-corrected chi connectivity index (χ2v) is 14.6. The van der Waals surface area contributed by atoms with Crippen LogP contribution >= 0.6 is 34.8 Å². The molecule has 0 saturated carbocycles. The Kier molecular flexibility index (Phi) is 11.2. The Morgan fingerprint density at radius 3 is 1.96 bits per heavy atom. The molecule has 0 aromatic heterocycles. The molecule has 236 valence electrons. The molecule has 0 spiro atoms. The van der Waals surface area contributed by atoms with E-state index in [2.05, 4.69) is 5.32 Å². The Balaban J connectivity index is 1.82. The highest BCUT2D eigenvalue weighted by atomic mass is 35.5. The maximum absolute atomic E-state index is 14.5. The van der Waals surface area contributed by atoms with E-state index in [9.17, 15) is 18.0 Å². The number of anilines is 1. The standard InChI is InChI=1S/C34H34Cl3N3O4S/c1-34(2,3)38-33(42)31(20-24-10-6-4-7-11-24)39(22-25-14-16-26(35)17-15-25)32(41)23-40(27-18-19-29(36)30(37)21-27)45(43,44)28-12-8-5-9-13-28/h4-19,21,31H,20,22-23H2,1-3H3,(H,38,42)/t31-/m1/s1. The minimum atomic E-state index is -4.26. The van der Waals surface area contributed by atoms with Crippen LogP contribution in [0.15, 0.2) is 108 Å². The first-order valence-electron chi connectivity index (χ1n) is 14.2. The van der Waals surface area contributed by atoms with Gasteiger partial charge in [-0.25, -0.2) is 8.42 Å². The first-order chi connectivity index (χ1) is 21.2. The molecule has 0 saturated heterocycles. The van der Waals surface area contributed by atoms with E-state index in [4.69, 9.17) is 34.8 Å². The molecule has 0 fully saturated rings. The van der Waals surface area contributed by atoms with Gasteiger partial charge in [-0.15, -0.1) is 0 Å². The summed E-state index contributed by atoms with van der Waals surface area (Å²) in [6.45, 7) is 4.97. The molecule has 0 bridgehead atoms. The van der Waals surface area contributed by atoms with E-state index in [-0.39, 0.29) is 39.5 Å². The molecule has 7 nitrogen and oxygen atoms in total. The van der Waals surface area contributed by atoms with Crippen LogP contribution in [0.1, 0.15) is 31.9 Å². The lowest BCUT2D eigenvalue weighted by atomic mass is 10.0. The first-order valence-corrected chi connectivity index (χ1v) is 16.7. The van der Waals surface area contributed by atoms with Crippen LogP contribution < -0.4 is 9.62 Å². The quantitative estimate of drug-likeness (QED) is 0.178. The highest BCUT2D eigenvalue weighted by Crippen LogP contribution is 2.31. The number of nitrogens with one attached hydrogen (secondary N) is 1. The SMILES string of the molecule is CC(C)(C)NC(=O)[C@@H](Cc1ccccc1)N(Cc1ccc(Cl)cc1)C(=O)CN(c1ccc(Cl)c(Cl)c1)S(=O)(=O)c1ccccc1. The lowest BCUT2D eigenvalue weighted by Gasteiger charge is -2.35. The zero-order valence-electron chi connectivity index (χ0n) is 25.1. The van der Waals surface area contributed by atoms with Crippen molar-refractivity contribution in [1.82, 2.24) is 10.2 Å². The molecule has 2 amide bonds. The summed E-state index contributed by atoms with van der Waals surface area (Å²) in [6, 6.07) is 27.4. The number of halogens is 3. The predicted octanol–water partition coefficient (Wildman–Crippen LogP) is 7.40. The Bertz CT molecular complexity index is 1730. The van der Waals surface area contributed by atoms with Crippen molar-refractivity contribution >= 4 is 62.3 Å². The number of carbonyl (C=O) groups is 2. The van der Waals surface area contributed by atoms with Crippen molar-refractivity contribution in [3.63, 3.8) is 0 Å². The zero-order chi connectivity index (χ0) is 32.8. The highest BCUT2D eigenvalue weighted by Gasteiger charge is 2.35. The number of hydrogen-bond donors (Lipinski definition) is 1. The maximum atomic E-state index is 14.5. The Hall–Kier alpha value is -3.56. The van der Waals surface area contributed by atoms with Crippen molar-refractivity contribution in [3.05, 3.63) is 129 Å². The van der Waals surface area contributed by atoms with Crippen molar-refractivity contribution in [2.24, 2.45) is 0 Å². The van der Waals surface area contributed by atoms with Gasteiger partial charge in [0.15, 0.2) is 0 Å². The van der Waals surface area contributed by atoms with E-state index in [1.54, 1.807) is 42.5 Å². The largest absolute Gasteiger partial charge is 0.350 e. The van der Waals surface area contributed by atoms with Gasteiger partial charge in [0, 0.05) is 23.5 Å². The predicted molar refractivity (Wildman–Crippen MR) is 181 cm³/mol. The molecule has 0 aliphatic carbocycles. The summed E-state index contributed by atoms with van der Waals surface area (Å²) in [6.07, 6.45) is 0.195. The molecular formula is C34H34Cl3N3O4S. The van der Waals surface area contributed by atoms with Crippen LogP contribution in [0.2, 0.25) is 15.1 Å². The van der Waals surface area contributed by atoms with E-state index in [1.807, 2.05) is 51.1 Å². The van der Waals surface area contributed by atoms with E-state index in [1.165, 1.54) is 35.2 Å². The van der Waals surface area contributed by atoms with Crippen LogP contribution in [0.4, 0.5) is 5.69 Å². The number of benzene rings is 4. The van der Waals surface area contributed by atoms with Crippen molar-refractivity contribution in [2.75, 3.05) is 10.8 Å². The fraction of sp³-hybridized carbons (Fsp3) is 0.235. The molecule has 0 aliphatic heterocycles. The molecular weight excluding hydrogens is 653 g/mol. The summed E-state index contributed by atoms with van der Waals surface area (Å²) in [5.41, 5.74) is 1.09. The van der Waals surface area contributed by atoms with Crippen LogP contribution in [0.25, 0.3) is 0 Å². The number of hydrogen-bond acceptors (Lipinski definition) is 4. The number of amides is 2. The van der Waals surface area contributed by atoms with Crippen LogP contribution in [0.3, 0.4) is 0 Å². The second kappa shape index (κ2) is 14.7. The van der Waals surface area contributed by atoms with Gasteiger partial charge in [0.1, 0.15) is 12.6 Å². The van der Waals surface area contributed by atoms with Gasteiger partial charge in [-0.05, 0) is 74.4 Å². The monoisotopic (exact) mass is 685 g/mol. The van der Waals surface area contributed by atoms with Crippen molar-refractivity contribution < 1.29 is 18.0 Å². The Labute approximate surface area is 279 Å². The number of nitrogens with zero attached hydrogens (tertiary/aromatic N) is 2. The summed E-state index contributed by atoms with van der Waals surface area (Å²) in [5.74, 6) is -0.971. The van der Waals surface area contributed by atoms with Gasteiger partial charge < -0.3 is 10.2 Å². The van der Waals surface area contributed by atoms with E-state index >= 15 is 0 Å². The molecule has 4 aromatic rings. The van der Waals surface area contributed by atoms with Crippen LogP contribution in [-0.4, -0.2) is 43.3 Å². The van der Waals surface area contributed by atoms with Gasteiger partial charge in [-0.2, -0.15) is 0 Å². The maximum Gasteiger partial charge on any atom is 0.264 e. The second-order valence-electron chi connectivity index (χ2n) is 11.5. The molecule has 45 heavy (non-hydrogen) atoms. The minimum absolute atomic E-state index is 0.0144. The summed E-state index contributed by atoms with van der Waals surface area (Å²) in [4.78, 5) is 29.8. The van der Waals surface area contributed by atoms with Gasteiger partial charge in [-0.3, -0.25) is 13.9 Å². The average molecular weight is 687 g/mol. The molecule has 0 aliphatic rings. The van der Waals surface area contributed by atoms with Gasteiger partial charge >= 0.3 is 0 Å². The topological polar surface area (TPSA) is 86.8 Å². The van der Waals surface area contributed by atoms with E-state index in [0.717, 1.165) is 9.87 Å². The summed E-state index contributed by atoms with van der Waals surface area (Å²) < 4.78 is 29.1. The van der Waals surface area contributed by atoms with E-state index in [0.29, 0.717) is 10.6 Å². The molecule has 1 N–H and O–H groups in total. The van der Waals surface area contributed by atoms with Gasteiger partial charge in [0.2, 0.25) is 11.8 Å². The van der Waals surface area contributed by atoms with Crippen LogP contribution in [0.5, 0.6) is 0 Å². The molecule has 0 radical (unpaired) electrons. The molecule has 0 heterocycles. The van der Waals surface area contributed by atoms with Crippen molar-refractivity contribution in [2.45, 2.75) is 50.2 Å². The van der Waals surface area contributed by atoms with Gasteiger partial charge in [-0.1, -0.05) is 95.5 Å². The third-order valence-corrected chi connectivity index (χ3v) is 9.62. The highest BCUT2D eigenvalue weighted by molar-refractivity contribution is 7.92. The van der Waals surface area contributed by atoms with Crippen LogP contribution in [0, 0.1) is 0 Å². The Morgan fingerprint density at radius 1 is 0.778 bits per heavy atom.